The van der Waals surface area contributed by atoms with Gasteiger partial charge in [-0.05, 0) is 42.7 Å². The maximum absolute atomic E-state index is 10.8. The molecule has 0 atom stereocenters. The Bertz CT molecular complexity index is 591. The minimum Gasteiger partial charge on any atom is -0.389 e. The van der Waals surface area contributed by atoms with Crippen LogP contribution in [0, 0.1) is 0 Å². The van der Waals surface area contributed by atoms with Crippen molar-refractivity contribution in [2.24, 2.45) is 0 Å². The van der Waals surface area contributed by atoms with Gasteiger partial charge in [-0.15, -0.1) is 0 Å². The molecule has 1 saturated heterocycles. The topological polar surface area (TPSA) is 23.5 Å². The molecule has 0 saturated carbocycles. The second-order valence-electron chi connectivity index (χ2n) is 5.85. The summed E-state index contributed by atoms with van der Waals surface area (Å²) in [7, 11) is 0. The molecule has 21 heavy (non-hydrogen) atoms. The highest BCUT2D eigenvalue weighted by molar-refractivity contribution is 6.30. The molecule has 1 fully saturated rings. The Morgan fingerprint density at radius 2 is 1.71 bits per heavy atom. The van der Waals surface area contributed by atoms with Gasteiger partial charge in [0.25, 0.3) is 0 Å². The molecular weight excluding hydrogens is 282 g/mol. The minimum absolute atomic E-state index is 0.615. The van der Waals surface area contributed by atoms with Crippen LogP contribution >= 0.6 is 11.6 Å². The van der Waals surface area contributed by atoms with Crippen LogP contribution in [0.3, 0.4) is 0 Å². The summed E-state index contributed by atoms with van der Waals surface area (Å²) in [5, 5.41) is 11.5. The van der Waals surface area contributed by atoms with Crippen molar-refractivity contribution in [1.29, 1.82) is 0 Å². The van der Waals surface area contributed by atoms with Crippen LogP contribution in [0.25, 0.3) is 0 Å². The fourth-order valence-electron chi connectivity index (χ4n) is 3.02. The molecule has 2 aromatic rings. The number of halogens is 1. The van der Waals surface area contributed by atoms with Crippen molar-refractivity contribution in [3.05, 3.63) is 65.2 Å². The molecule has 110 valence electrons. The fourth-order valence-corrected chi connectivity index (χ4v) is 3.24. The third kappa shape index (κ3) is 3.58. The molecule has 1 heterocycles. The molecule has 2 aromatic carbocycles. The smallest absolute Gasteiger partial charge is 0.0721 e. The van der Waals surface area contributed by atoms with Gasteiger partial charge in [0.05, 0.1) is 5.60 Å². The van der Waals surface area contributed by atoms with Crippen molar-refractivity contribution < 1.29 is 5.11 Å². The molecule has 0 aliphatic carbocycles. The monoisotopic (exact) mass is 301 g/mol. The third-order valence-electron chi connectivity index (χ3n) is 4.24. The Hall–Kier alpha value is -1.51. The second kappa shape index (κ2) is 6.08. The predicted molar refractivity (Wildman–Crippen MR) is 88.0 cm³/mol. The average Bonchev–Trinajstić information content (AvgIpc) is 2.48. The number of anilines is 1. The van der Waals surface area contributed by atoms with E-state index in [4.69, 9.17) is 11.6 Å². The standard InChI is InChI=1S/C18H20ClNO/c19-16-6-4-5-15(13-16)14-18(21)9-11-20(12-10-18)17-7-2-1-3-8-17/h1-8,13,21H,9-12,14H2. The van der Waals surface area contributed by atoms with E-state index in [-0.39, 0.29) is 0 Å². The summed E-state index contributed by atoms with van der Waals surface area (Å²) in [6, 6.07) is 18.2. The van der Waals surface area contributed by atoms with Gasteiger partial charge in [-0.25, -0.2) is 0 Å². The van der Waals surface area contributed by atoms with Gasteiger partial charge in [0.15, 0.2) is 0 Å². The quantitative estimate of drug-likeness (QED) is 0.929. The van der Waals surface area contributed by atoms with E-state index >= 15 is 0 Å². The molecule has 0 unspecified atom stereocenters. The molecule has 0 radical (unpaired) electrons. The summed E-state index contributed by atoms with van der Waals surface area (Å²) in [5.74, 6) is 0. The number of nitrogens with zero attached hydrogens (tertiary/aromatic N) is 1. The van der Waals surface area contributed by atoms with E-state index in [2.05, 4.69) is 29.2 Å². The normalized spacial score (nSPS) is 17.7. The zero-order valence-corrected chi connectivity index (χ0v) is 12.8. The lowest BCUT2D eigenvalue weighted by molar-refractivity contribution is 0.0165. The van der Waals surface area contributed by atoms with Crippen molar-refractivity contribution in [3.63, 3.8) is 0 Å². The first-order chi connectivity index (χ1) is 10.1. The number of aliphatic hydroxyl groups is 1. The van der Waals surface area contributed by atoms with Crippen molar-refractivity contribution >= 4 is 17.3 Å². The summed E-state index contributed by atoms with van der Waals surface area (Å²) in [6.45, 7) is 1.78. The molecule has 1 aliphatic rings. The Labute approximate surface area is 131 Å². The Kier molecular flexibility index (Phi) is 4.18. The van der Waals surface area contributed by atoms with Gasteiger partial charge < -0.3 is 10.0 Å². The van der Waals surface area contributed by atoms with Crippen molar-refractivity contribution in [1.82, 2.24) is 0 Å². The zero-order valence-electron chi connectivity index (χ0n) is 12.0. The van der Waals surface area contributed by atoms with E-state index in [1.165, 1.54) is 5.69 Å². The molecule has 0 amide bonds. The van der Waals surface area contributed by atoms with Crippen molar-refractivity contribution in [2.75, 3.05) is 18.0 Å². The van der Waals surface area contributed by atoms with Crippen LogP contribution in [0.1, 0.15) is 18.4 Å². The molecule has 0 bridgehead atoms. The van der Waals surface area contributed by atoms with E-state index < -0.39 is 5.60 Å². The molecule has 0 aromatic heterocycles. The van der Waals surface area contributed by atoms with E-state index in [1.807, 2.05) is 30.3 Å². The van der Waals surface area contributed by atoms with E-state index in [0.717, 1.165) is 36.5 Å². The number of rotatable bonds is 3. The molecule has 3 heteroatoms. The highest BCUT2D eigenvalue weighted by atomic mass is 35.5. The van der Waals surface area contributed by atoms with Crippen LogP contribution in [0.2, 0.25) is 5.02 Å². The van der Waals surface area contributed by atoms with Crippen LogP contribution in [-0.2, 0) is 6.42 Å². The average molecular weight is 302 g/mol. The van der Waals surface area contributed by atoms with Gasteiger partial charge in [0.2, 0.25) is 0 Å². The number of hydrogen-bond acceptors (Lipinski definition) is 2. The Morgan fingerprint density at radius 1 is 1.00 bits per heavy atom. The highest BCUT2D eigenvalue weighted by Crippen LogP contribution is 2.29. The zero-order chi connectivity index (χ0) is 14.7. The van der Waals surface area contributed by atoms with E-state index in [9.17, 15) is 5.11 Å². The first-order valence-corrected chi connectivity index (χ1v) is 7.79. The van der Waals surface area contributed by atoms with E-state index in [0.29, 0.717) is 6.42 Å². The lowest BCUT2D eigenvalue weighted by Gasteiger charge is -2.39. The molecule has 2 nitrogen and oxygen atoms in total. The molecule has 0 spiro atoms. The van der Waals surface area contributed by atoms with Crippen LogP contribution in [-0.4, -0.2) is 23.8 Å². The largest absolute Gasteiger partial charge is 0.389 e. The van der Waals surface area contributed by atoms with Gasteiger partial charge in [0, 0.05) is 30.2 Å². The maximum Gasteiger partial charge on any atom is 0.0721 e. The van der Waals surface area contributed by atoms with Crippen LogP contribution < -0.4 is 4.90 Å². The number of hydrogen-bond donors (Lipinski definition) is 1. The van der Waals surface area contributed by atoms with Gasteiger partial charge in [-0.1, -0.05) is 41.9 Å². The Balaban J connectivity index is 1.64. The summed E-state index contributed by atoms with van der Waals surface area (Å²) in [6.07, 6.45) is 2.25. The summed E-state index contributed by atoms with van der Waals surface area (Å²) < 4.78 is 0. The van der Waals surface area contributed by atoms with E-state index in [1.54, 1.807) is 0 Å². The third-order valence-corrected chi connectivity index (χ3v) is 4.47. The Morgan fingerprint density at radius 3 is 2.38 bits per heavy atom. The van der Waals surface area contributed by atoms with Crippen LogP contribution in [0.15, 0.2) is 54.6 Å². The van der Waals surface area contributed by atoms with Crippen LogP contribution in [0.5, 0.6) is 0 Å². The molecule has 1 N–H and O–H groups in total. The number of benzene rings is 2. The second-order valence-corrected chi connectivity index (χ2v) is 6.29. The van der Waals surface area contributed by atoms with Gasteiger partial charge in [-0.2, -0.15) is 0 Å². The number of para-hydroxylation sites is 1. The molecule has 3 rings (SSSR count). The van der Waals surface area contributed by atoms with Gasteiger partial charge >= 0.3 is 0 Å². The molecule has 1 aliphatic heterocycles. The summed E-state index contributed by atoms with van der Waals surface area (Å²) in [5.41, 5.74) is 1.73. The fraction of sp³-hybridized carbons (Fsp3) is 0.333. The SMILES string of the molecule is OC1(Cc2cccc(Cl)c2)CCN(c2ccccc2)CC1. The van der Waals surface area contributed by atoms with Crippen molar-refractivity contribution in [3.8, 4) is 0 Å². The number of piperidine rings is 1. The predicted octanol–water partition coefficient (Wildman–Crippen LogP) is 3.91. The first-order valence-electron chi connectivity index (χ1n) is 7.41. The van der Waals surface area contributed by atoms with Gasteiger partial charge in [-0.3, -0.25) is 0 Å². The lowest BCUT2D eigenvalue weighted by Crippen LogP contribution is -2.45. The minimum atomic E-state index is -0.615. The van der Waals surface area contributed by atoms with Crippen LogP contribution in [0.4, 0.5) is 5.69 Å². The highest BCUT2D eigenvalue weighted by Gasteiger charge is 2.32. The summed E-state index contributed by atoms with van der Waals surface area (Å²) in [4.78, 5) is 2.34. The summed E-state index contributed by atoms with van der Waals surface area (Å²) >= 11 is 6.02. The molecular formula is C18H20ClNO. The maximum atomic E-state index is 10.8. The van der Waals surface area contributed by atoms with Gasteiger partial charge in [0.1, 0.15) is 0 Å². The lowest BCUT2D eigenvalue weighted by atomic mass is 9.85. The van der Waals surface area contributed by atoms with Crippen molar-refractivity contribution in [2.45, 2.75) is 24.9 Å². The first kappa shape index (κ1) is 14.4.